The summed E-state index contributed by atoms with van der Waals surface area (Å²) in [6.45, 7) is 16.8. The minimum atomic E-state index is -0.647. The van der Waals surface area contributed by atoms with Crippen molar-refractivity contribution in [3.05, 3.63) is 11.6 Å². The van der Waals surface area contributed by atoms with Gasteiger partial charge in [0.1, 0.15) is 12.7 Å². The lowest BCUT2D eigenvalue weighted by Crippen LogP contribution is -2.69. The molecule has 11 atom stereocenters. The quantitative estimate of drug-likeness (QED) is 0.231. The normalized spacial score (nSPS) is 49.7. The average Bonchev–Trinajstić information content (AvgIpc) is 2.91. The smallest absolute Gasteiger partial charge is 0.311 e. The number of esters is 3. The van der Waals surface area contributed by atoms with E-state index in [1.54, 1.807) is 0 Å². The van der Waals surface area contributed by atoms with Gasteiger partial charge in [-0.2, -0.15) is 0 Å². The van der Waals surface area contributed by atoms with Gasteiger partial charge >= 0.3 is 17.9 Å². The third-order valence-corrected chi connectivity index (χ3v) is 14.3. The third kappa shape index (κ3) is 4.25. The number of carbonyl (C=O) groups excluding carboxylic acids is 3. The Morgan fingerprint density at radius 1 is 0.929 bits per heavy atom. The fourth-order valence-electron chi connectivity index (χ4n) is 11.4. The predicted molar refractivity (Wildman–Crippen MR) is 159 cm³/mol. The molecular weight excluding hydrogens is 532 g/mol. The van der Waals surface area contributed by atoms with Crippen LogP contribution in [0, 0.1) is 50.2 Å². The molecule has 0 saturated heterocycles. The Balaban J connectivity index is 1.56. The number of aliphatic hydroxyl groups excluding tert-OH is 1. The first kappa shape index (κ1) is 31.5. The van der Waals surface area contributed by atoms with Crippen LogP contribution in [0.25, 0.3) is 0 Å². The number of carbonyl (C=O) groups is 3. The molecule has 236 valence electrons. The zero-order valence-electron chi connectivity index (χ0n) is 27.4. The Bertz CT molecular complexity index is 1180. The second-order valence-corrected chi connectivity index (χ2v) is 16.3. The monoisotopic (exact) mass is 586 g/mol. The number of aliphatic hydroxyl groups is 1. The van der Waals surface area contributed by atoms with Crippen molar-refractivity contribution in [2.75, 3.05) is 13.7 Å². The summed E-state index contributed by atoms with van der Waals surface area (Å²) in [5.74, 6) is -0.260. The number of ether oxygens (including phenoxy) is 3. The van der Waals surface area contributed by atoms with E-state index in [1.165, 1.54) is 26.5 Å². The largest absolute Gasteiger partial charge is 0.469 e. The molecule has 0 heterocycles. The lowest BCUT2D eigenvalue weighted by Gasteiger charge is -2.72. The standard InChI is InChI=1S/C35H54O7/c1-21(36)41-20-32(5)25-12-13-34(7)26(35(25,8)27(38)18-28(32)42-22(2)37)11-10-23-24-19-31(4,29(39)40-9)15-14-30(24,3)16-17-33(23,34)6/h10,24-28,38H,11-20H2,1-9H3/t24-,25-,26-,27-,28-,30+,31+,32-,33+,34+,35-/m0/s1. The summed E-state index contributed by atoms with van der Waals surface area (Å²) < 4.78 is 16.8. The van der Waals surface area contributed by atoms with E-state index in [0.29, 0.717) is 12.3 Å². The molecule has 42 heavy (non-hydrogen) atoms. The van der Waals surface area contributed by atoms with Crippen molar-refractivity contribution in [3.8, 4) is 0 Å². The highest BCUT2D eigenvalue weighted by Crippen LogP contribution is 2.75. The molecule has 0 radical (unpaired) electrons. The van der Waals surface area contributed by atoms with Gasteiger partial charge in [-0.05, 0) is 92.3 Å². The maximum Gasteiger partial charge on any atom is 0.311 e. The molecule has 1 N–H and O–H groups in total. The lowest BCUT2D eigenvalue weighted by atomic mass is 9.33. The van der Waals surface area contributed by atoms with Crippen LogP contribution in [0.15, 0.2) is 11.6 Å². The van der Waals surface area contributed by atoms with Crippen LogP contribution in [0.3, 0.4) is 0 Å². The fraction of sp³-hybridized carbons (Fsp3) is 0.857. The van der Waals surface area contributed by atoms with Crippen molar-refractivity contribution in [2.45, 2.75) is 125 Å². The van der Waals surface area contributed by atoms with E-state index in [9.17, 15) is 19.5 Å². The molecular formula is C35H54O7. The molecule has 4 fully saturated rings. The minimum Gasteiger partial charge on any atom is -0.469 e. The second kappa shape index (κ2) is 10.1. The van der Waals surface area contributed by atoms with E-state index in [2.05, 4.69) is 47.6 Å². The van der Waals surface area contributed by atoms with Crippen LogP contribution in [0.4, 0.5) is 0 Å². The lowest BCUT2D eigenvalue weighted by molar-refractivity contribution is -0.258. The number of allylic oxidation sites excluding steroid dienone is 2. The van der Waals surface area contributed by atoms with Crippen molar-refractivity contribution in [2.24, 2.45) is 50.2 Å². The SMILES string of the molecule is COC(=O)[C@]1(C)CC[C@]2(C)CC[C@]3(C)C(=CC[C@@H]4[C@@]5(C)[C@@H](O)C[C@H](OC(C)=O)[C@@](C)(COC(C)=O)[C@@H]5CC[C@]43C)[C@@H]2C1. The van der Waals surface area contributed by atoms with Crippen molar-refractivity contribution < 1.29 is 33.7 Å². The summed E-state index contributed by atoms with van der Waals surface area (Å²) in [4.78, 5) is 37.1. The van der Waals surface area contributed by atoms with Crippen LogP contribution in [-0.4, -0.2) is 48.9 Å². The molecule has 0 aromatic heterocycles. The molecule has 0 aromatic rings. The van der Waals surface area contributed by atoms with Crippen LogP contribution in [0.5, 0.6) is 0 Å². The molecule has 0 aliphatic heterocycles. The van der Waals surface area contributed by atoms with Gasteiger partial charge in [-0.15, -0.1) is 0 Å². The number of methoxy groups -OCH3 is 1. The molecule has 0 aromatic carbocycles. The Morgan fingerprint density at radius 3 is 2.21 bits per heavy atom. The molecule has 0 spiro atoms. The van der Waals surface area contributed by atoms with Crippen molar-refractivity contribution in [3.63, 3.8) is 0 Å². The van der Waals surface area contributed by atoms with E-state index < -0.39 is 28.5 Å². The van der Waals surface area contributed by atoms with E-state index in [0.717, 1.165) is 51.4 Å². The van der Waals surface area contributed by atoms with E-state index in [4.69, 9.17) is 14.2 Å². The van der Waals surface area contributed by atoms with Gasteiger partial charge in [-0.1, -0.05) is 46.3 Å². The topological polar surface area (TPSA) is 99.1 Å². The number of fused-ring (bicyclic) bond motifs is 7. The summed E-state index contributed by atoms with van der Waals surface area (Å²) in [5.41, 5.74) is 0.0712. The molecule has 5 aliphatic rings. The van der Waals surface area contributed by atoms with Gasteiger partial charge in [0.15, 0.2) is 0 Å². The molecule has 0 amide bonds. The first-order valence-electron chi connectivity index (χ1n) is 16.2. The maximum absolute atomic E-state index is 13.0. The van der Waals surface area contributed by atoms with Crippen molar-refractivity contribution in [1.29, 1.82) is 0 Å². The second-order valence-electron chi connectivity index (χ2n) is 16.3. The van der Waals surface area contributed by atoms with Gasteiger partial charge in [0, 0.05) is 31.1 Å². The third-order valence-electron chi connectivity index (χ3n) is 14.3. The van der Waals surface area contributed by atoms with Crippen LogP contribution in [0.1, 0.15) is 113 Å². The van der Waals surface area contributed by atoms with Gasteiger partial charge in [0.2, 0.25) is 0 Å². The summed E-state index contributed by atoms with van der Waals surface area (Å²) in [5, 5.41) is 12.0. The van der Waals surface area contributed by atoms with Gasteiger partial charge in [-0.25, -0.2) is 0 Å². The summed E-state index contributed by atoms with van der Waals surface area (Å²) >= 11 is 0. The van der Waals surface area contributed by atoms with Crippen molar-refractivity contribution in [1.82, 2.24) is 0 Å². The first-order chi connectivity index (χ1) is 19.4. The molecule has 7 nitrogen and oxygen atoms in total. The number of hydrogen-bond acceptors (Lipinski definition) is 7. The van der Waals surface area contributed by atoms with E-state index >= 15 is 0 Å². The molecule has 0 unspecified atom stereocenters. The zero-order chi connectivity index (χ0) is 31.1. The highest BCUT2D eigenvalue weighted by atomic mass is 16.6. The van der Waals surface area contributed by atoms with Gasteiger partial charge < -0.3 is 19.3 Å². The maximum atomic E-state index is 13.0. The highest BCUT2D eigenvalue weighted by Gasteiger charge is 2.71. The number of hydrogen-bond donors (Lipinski definition) is 1. The zero-order valence-corrected chi connectivity index (χ0v) is 27.4. The average molecular weight is 587 g/mol. The molecule has 0 bridgehead atoms. The molecule has 5 rings (SSSR count). The first-order valence-corrected chi connectivity index (χ1v) is 16.2. The Labute approximate surface area is 252 Å². The minimum absolute atomic E-state index is 0.0141. The van der Waals surface area contributed by atoms with Crippen LogP contribution in [0.2, 0.25) is 0 Å². The van der Waals surface area contributed by atoms with Gasteiger partial charge in [0.05, 0.1) is 18.6 Å². The summed E-state index contributed by atoms with van der Waals surface area (Å²) in [7, 11) is 1.51. The van der Waals surface area contributed by atoms with Crippen LogP contribution >= 0.6 is 0 Å². The fourth-order valence-corrected chi connectivity index (χ4v) is 11.4. The Hall–Kier alpha value is -1.89. The Morgan fingerprint density at radius 2 is 1.60 bits per heavy atom. The molecule has 7 heteroatoms. The van der Waals surface area contributed by atoms with Crippen LogP contribution < -0.4 is 0 Å². The van der Waals surface area contributed by atoms with Crippen molar-refractivity contribution >= 4 is 17.9 Å². The van der Waals surface area contributed by atoms with Gasteiger partial charge in [0.25, 0.3) is 0 Å². The summed E-state index contributed by atoms with van der Waals surface area (Å²) in [6.07, 6.45) is 9.34. The highest BCUT2D eigenvalue weighted by molar-refractivity contribution is 5.76. The Kier molecular flexibility index (Phi) is 7.56. The molecule has 5 aliphatic carbocycles. The van der Waals surface area contributed by atoms with Gasteiger partial charge in [-0.3, -0.25) is 14.4 Å². The number of rotatable bonds is 4. The summed E-state index contributed by atoms with van der Waals surface area (Å²) in [6, 6.07) is 0. The van der Waals surface area contributed by atoms with E-state index in [1.807, 2.05) is 0 Å². The van der Waals surface area contributed by atoms with E-state index in [-0.39, 0.29) is 52.6 Å². The predicted octanol–water partition coefficient (Wildman–Crippen LogP) is 6.41. The molecule has 4 saturated carbocycles. The van der Waals surface area contributed by atoms with Crippen LogP contribution in [-0.2, 0) is 28.6 Å².